The Morgan fingerprint density at radius 3 is 2.00 bits per heavy atom. The molecule has 0 radical (unpaired) electrons. The second kappa shape index (κ2) is 8.73. The first-order valence-electron chi connectivity index (χ1n) is 7.27. The molecular formula is C14H21F7O2. The molecule has 138 valence electrons. The van der Waals surface area contributed by atoms with Crippen molar-refractivity contribution in [2.45, 2.75) is 70.4 Å². The Kier molecular flexibility index (Phi) is 8.34. The van der Waals surface area contributed by atoms with Gasteiger partial charge in [0, 0.05) is 6.42 Å². The first-order valence-corrected chi connectivity index (χ1v) is 7.27. The fraction of sp³-hybridized carbons (Fsp3) is 0.929. The van der Waals surface area contributed by atoms with Gasteiger partial charge in [-0.1, -0.05) is 13.8 Å². The van der Waals surface area contributed by atoms with E-state index < -0.39 is 43.3 Å². The zero-order valence-corrected chi connectivity index (χ0v) is 13.0. The van der Waals surface area contributed by atoms with Crippen LogP contribution < -0.4 is 0 Å². The number of unbranched alkanes of at least 4 members (excludes halogenated alkanes) is 1. The maximum absolute atomic E-state index is 13.3. The van der Waals surface area contributed by atoms with Gasteiger partial charge < -0.3 is 4.74 Å². The van der Waals surface area contributed by atoms with Crippen molar-refractivity contribution in [1.82, 2.24) is 0 Å². The lowest BCUT2D eigenvalue weighted by Crippen LogP contribution is -2.33. The predicted octanol–water partition coefficient (Wildman–Crippen LogP) is 5.36. The summed E-state index contributed by atoms with van der Waals surface area (Å²) in [6.07, 6.45) is -10.5. The highest BCUT2D eigenvalue weighted by molar-refractivity contribution is 5.71. The minimum atomic E-state index is -5.20. The molecule has 0 N–H and O–H groups in total. The molecule has 0 aromatic rings. The number of carbonyl (C=O) groups excluding carboxylic acids is 1. The molecule has 0 saturated carbocycles. The Balaban J connectivity index is 4.12. The van der Waals surface area contributed by atoms with Crippen molar-refractivity contribution >= 4 is 5.97 Å². The monoisotopic (exact) mass is 354 g/mol. The lowest BCUT2D eigenvalue weighted by molar-refractivity contribution is -0.206. The molecule has 0 aliphatic heterocycles. The van der Waals surface area contributed by atoms with Gasteiger partial charge in [0.1, 0.15) is 6.42 Å². The normalized spacial score (nSPS) is 14.7. The topological polar surface area (TPSA) is 26.3 Å². The van der Waals surface area contributed by atoms with Crippen LogP contribution in [0.2, 0.25) is 0 Å². The molecule has 0 aromatic carbocycles. The first-order chi connectivity index (χ1) is 10.3. The standard InChI is InChI=1S/C14H21F7O2/c1-3-10(2)11(22)23-7-5-4-6-12(15,16)8-13(17,18)9-14(19,20)21/h10H,3-9H2,1-2H3. The third-order valence-electron chi connectivity index (χ3n) is 3.17. The highest BCUT2D eigenvalue weighted by atomic mass is 19.4. The molecule has 1 atom stereocenters. The fourth-order valence-electron chi connectivity index (χ4n) is 1.79. The maximum Gasteiger partial charge on any atom is 0.394 e. The van der Waals surface area contributed by atoms with E-state index in [-0.39, 0.29) is 25.4 Å². The van der Waals surface area contributed by atoms with E-state index in [1.165, 1.54) is 0 Å². The Hall–Kier alpha value is -1.02. The van der Waals surface area contributed by atoms with Crippen LogP contribution >= 0.6 is 0 Å². The molecule has 0 aliphatic rings. The summed E-state index contributed by atoms with van der Waals surface area (Å²) in [7, 11) is 0. The van der Waals surface area contributed by atoms with Crippen LogP contribution in [-0.2, 0) is 9.53 Å². The number of hydrogen-bond acceptors (Lipinski definition) is 2. The Bertz CT molecular complexity index is 367. The molecule has 0 heterocycles. The van der Waals surface area contributed by atoms with Gasteiger partial charge in [-0.25, -0.2) is 17.6 Å². The summed E-state index contributed by atoms with van der Waals surface area (Å²) in [4.78, 5) is 11.3. The van der Waals surface area contributed by atoms with E-state index in [1.807, 2.05) is 0 Å². The average molecular weight is 354 g/mol. The molecule has 0 fully saturated rings. The zero-order chi connectivity index (χ0) is 18.3. The molecule has 0 amide bonds. The van der Waals surface area contributed by atoms with Crippen molar-refractivity contribution in [3.05, 3.63) is 0 Å². The molecule has 1 unspecified atom stereocenters. The van der Waals surface area contributed by atoms with Gasteiger partial charge in [-0.05, 0) is 19.3 Å². The Labute approximate surface area is 130 Å². The molecule has 0 rings (SSSR count). The number of esters is 1. The van der Waals surface area contributed by atoms with Gasteiger partial charge in [-0.15, -0.1) is 0 Å². The first kappa shape index (κ1) is 22.0. The highest BCUT2D eigenvalue weighted by Gasteiger charge is 2.49. The summed E-state index contributed by atoms with van der Waals surface area (Å²) >= 11 is 0. The molecule has 0 spiro atoms. The van der Waals surface area contributed by atoms with Crippen LogP contribution in [0.15, 0.2) is 0 Å². The smallest absolute Gasteiger partial charge is 0.394 e. The predicted molar refractivity (Wildman–Crippen MR) is 69.4 cm³/mol. The Morgan fingerprint density at radius 1 is 0.957 bits per heavy atom. The van der Waals surface area contributed by atoms with E-state index >= 15 is 0 Å². The molecule has 0 aromatic heterocycles. The van der Waals surface area contributed by atoms with Gasteiger partial charge >= 0.3 is 12.1 Å². The van der Waals surface area contributed by atoms with Crippen LogP contribution in [0.25, 0.3) is 0 Å². The number of hydrogen-bond donors (Lipinski definition) is 0. The molecule has 9 heteroatoms. The minimum absolute atomic E-state index is 0.0304. The number of halogens is 7. The van der Waals surface area contributed by atoms with E-state index in [9.17, 15) is 35.5 Å². The van der Waals surface area contributed by atoms with Crippen molar-refractivity contribution in [3.8, 4) is 0 Å². The van der Waals surface area contributed by atoms with E-state index in [0.29, 0.717) is 6.42 Å². The summed E-state index contributed by atoms with van der Waals surface area (Å²) < 4.78 is 92.9. The number of ether oxygens (including phenoxy) is 1. The quantitative estimate of drug-likeness (QED) is 0.300. The van der Waals surface area contributed by atoms with Crippen molar-refractivity contribution in [2.24, 2.45) is 5.92 Å². The number of alkyl halides is 7. The third kappa shape index (κ3) is 11.2. The third-order valence-corrected chi connectivity index (χ3v) is 3.17. The van der Waals surface area contributed by atoms with Gasteiger partial charge in [-0.3, -0.25) is 4.79 Å². The van der Waals surface area contributed by atoms with Crippen LogP contribution in [-0.4, -0.2) is 30.6 Å². The van der Waals surface area contributed by atoms with Gasteiger partial charge in [0.15, 0.2) is 0 Å². The molecule has 0 aliphatic carbocycles. The number of rotatable bonds is 10. The van der Waals surface area contributed by atoms with E-state index in [0.717, 1.165) is 0 Å². The number of carbonyl (C=O) groups is 1. The summed E-state index contributed by atoms with van der Waals surface area (Å²) in [5, 5.41) is 0. The summed E-state index contributed by atoms with van der Waals surface area (Å²) in [6, 6.07) is 0. The van der Waals surface area contributed by atoms with Crippen molar-refractivity contribution in [2.75, 3.05) is 6.61 Å². The van der Waals surface area contributed by atoms with Gasteiger partial charge in [0.05, 0.1) is 18.9 Å². The van der Waals surface area contributed by atoms with Crippen molar-refractivity contribution in [3.63, 3.8) is 0 Å². The average Bonchev–Trinajstić information content (AvgIpc) is 2.32. The summed E-state index contributed by atoms with van der Waals surface area (Å²) in [6.45, 7) is 3.28. The van der Waals surface area contributed by atoms with Crippen LogP contribution in [0, 0.1) is 5.92 Å². The lowest BCUT2D eigenvalue weighted by Gasteiger charge is -2.24. The molecule has 23 heavy (non-hydrogen) atoms. The van der Waals surface area contributed by atoms with E-state index in [4.69, 9.17) is 4.74 Å². The zero-order valence-electron chi connectivity index (χ0n) is 13.0. The minimum Gasteiger partial charge on any atom is -0.465 e. The fourth-order valence-corrected chi connectivity index (χ4v) is 1.79. The molecule has 0 saturated heterocycles. The van der Waals surface area contributed by atoms with Crippen LogP contribution in [0.1, 0.15) is 52.4 Å². The van der Waals surface area contributed by atoms with Gasteiger partial charge in [0.25, 0.3) is 11.8 Å². The highest BCUT2D eigenvalue weighted by Crippen LogP contribution is 2.40. The second-order valence-electron chi connectivity index (χ2n) is 5.61. The van der Waals surface area contributed by atoms with E-state index in [2.05, 4.69) is 0 Å². The Morgan fingerprint density at radius 2 is 1.52 bits per heavy atom. The lowest BCUT2D eigenvalue weighted by atomic mass is 10.0. The van der Waals surface area contributed by atoms with Gasteiger partial charge in [-0.2, -0.15) is 13.2 Å². The van der Waals surface area contributed by atoms with E-state index in [1.54, 1.807) is 13.8 Å². The SMILES string of the molecule is CCC(C)C(=O)OCCCCC(F)(F)CC(F)(F)CC(F)(F)F. The van der Waals surface area contributed by atoms with Crippen LogP contribution in [0.4, 0.5) is 30.7 Å². The molecule has 2 nitrogen and oxygen atoms in total. The summed E-state index contributed by atoms with van der Waals surface area (Å²) in [5.41, 5.74) is 0. The maximum atomic E-state index is 13.3. The molecule has 0 bridgehead atoms. The van der Waals surface area contributed by atoms with Crippen LogP contribution in [0.3, 0.4) is 0 Å². The van der Waals surface area contributed by atoms with Crippen molar-refractivity contribution in [1.29, 1.82) is 0 Å². The second-order valence-corrected chi connectivity index (χ2v) is 5.61. The molecular weight excluding hydrogens is 333 g/mol. The van der Waals surface area contributed by atoms with Crippen LogP contribution in [0.5, 0.6) is 0 Å². The largest absolute Gasteiger partial charge is 0.465 e. The summed E-state index contributed by atoms with van der Waals surface area (Å²) in [5.74, 6) is -9.21. The van der Waals surface area contributed by atoms with Crippen molar-refractivity contribution < 1.29 is 40.3 Å². The van der Waals surface area contributed by atoms with Gasteiger partial charge in [0.2, 0.25) is 0 Å².